The Morgan fingerprint density at radius 3 is 2.69 bits per heavy atom. The van der Waals surface area contributed by atoms with Gasteiger partial charge in [0.05, 0.1) is 5.54 Å². The van der Waals surface area contributed by atoms with E-state index in [2.05, 4.69) is 0 Å². The lowest BCUT2D eigenvalue weighted by atomic mass is 10.1. The first-order chi connectivity index (χ1) is 5.97. The zero-order valence-corrected chi connectivity index (χ0v) is 7.75. The van der Waals surface area contributed by atoms with Crippen molar-refractivity contribution in [2.24, 2.45) is 5.73 Å². The zero-order valence-electron chi connectivity index (χ0n) is 7.75. The van der Waals surface area contributed by atoms with Gasteiger partial charge in [0.15, 0.2) is 0 Å². The lowest BCUT2D eigenvalue weighted by Gasteiger charge is -2.25. The Labute approximate surface area is 76.0 Å². The molecule has 72 valence electrons. The number of nitrogens with two attached hydrogens (primary N) is 1. The minimum atomic E-state index is -0.542. The molecule has 3 nitrogen and oxygen atoms in total. The van der Waals surface area contributed by atoms with Crippen LogP contribution in [0.3, 0.4) is 0 Å². The van der Waals surface area contributed by atoms with Crippen molar-refractivity contribution in [1.82, 2.24) is 4.57 Å². The second-order valence-corrected chi connectivity index (χ2v) is 3.57. The monoisotopic (exact) mass is 184 g/mol. The van der Waals surface area contributed by atoms with Gasteiger partial charge in [0, 0.05) is 18.8 Å². The molecule has 2 N–H and O–H groups in total. The number of aromatic nitrogens is 1. The van der Waals surface area contributed by atoms with E-state index in [1.54, 1.807) is 13.8 Å². The van der Waals surface area contributed by atoms with Crippen LogP contribution in [0.15, 0.2) is 23.1 Å². The van der Waals surface area contributed by atoms with E-state index in [4.69, 9.17) is 5.73 Å². The summed E-state index contributed by atoms with van der Waals surface area (Å²) < 4.78 is 14.1. The Morgan fingerprint density at radius 1 is 1.54 bits per heavy atom. The van der Waals surface area contributed by atoms with Gasteiger partial charge in [-0.25, -0.2) is 4.39 Å². The van der Waals surface area contributed by atoms with Crippen molar-refractivity contribution in [3.8, 4) is 0 Å². The van der Waals surface area contributed by atoms with Crippen molar-refractivity contribution in [1.29, 1.82) is 0 Å². The molecule has 0 saturated carbocycles. The van der Waals surface area contributed by atoms with Crippen LogP contribution in [0.1, 0.15) is 13.8 Å². The van der Waals surface area contributed by atoms with Crippen LogP contribution in [0.4, 0.5) is 4.39 Å². The molecule has 0 atom stereocenters. The molecule has 0 spiro atoms. The van der Waals surface area contributed by atoms with Crippen LogP contribution in [0.2, 0.25) is 0 Å². The normalized spacial score (nSPS) is 11.7. The van der Waals surface area contributed by atoms with Gasteiger partial charge in [0.1, 0.15) is 5.82 Å². The molecule has 0 radical (unpaired) electrons. The molecular formula is C9H13FN2O. The van der Waals surface area contributed by atoms with Crippen molar-refractivity contribution < 1.29 is 4.39 Å². The van der Waals surface area contributed by atoms with E-state index in [-0.39, 0.29) is 12.1 Å². The van der Waals surface area contributed by atoms with E-state index in [1.807, 2.05) is 0 Å². The van der Waals surface area contributed by atoms with Crippen molar-refractivity contribution in [2.75, 3.05) is 6.54 Å². The first kappa shape index (κ1) is 9.92. The van der Waals surface area contributed by atoms with Crippen LogP contribution in [-0.2, 0) is 5.54 Å². The minimum absolute atomic E-state index is 0.239. The third-order valence-corrected chi connectivity index (χ3v) is 2.03. The maximum atomic E-state index is 12.8. The van der Waals surface area contributed by atoms with E-state index >= 15 is 0 Å². The average Bonchev–Trinajstić information content (AvgIpc) is 2.09. The molecule has 1 aromatic rings. The van der Waals surface area contributed by atoms with Gasteiger partial charge in [-0.3, -0.25) is 4.79 Å². The molecule has 1 aromatic heterocycles. The van der Waals surface area contributed by atoms with Gasteiger partial charge in [-0.15, -0.1) is 0 Å². The fourth-order valence-corrected chi connectivity index (χ4v) is 1.03. The van der Waals surface area contributed by atoms with Gasteiger partial charge in [0.25, 0.3) is 5.56 Å². The first-order valence-corrected chi connectivity index (χ1v) is 4.06. The predicted molar refractivity (Wildman–Crippen MR) is 49.0 cm³/mol. The molecule has 4 heteroatoms. The number of nitrogens with zero attached hydrogens (tertiary/aromatic N) is 1. The van der Waals surface area contributed by atoms with Gasteiger partial charge >= 0.3 is 0 Å². The van der Waals surface area contributed by atoms with E-state index in [9.17, 15) is 9.18 Å². The average molecular weight is 184 g/mol. The smallest absolute Gasteiger partial charge is 0.251 e. The molecule has 0 aliphatic heterocycles. The first-order valence-electron chi connectivity index (χ1n) is 4.06. The molecule has 13 heavy (non-hydrogen) atoms. The van der Waals surface area contributed by atoms with Gasteiger partial charge < -0.3 is 10.3 Å². The molecule has 0 saturated heterocycles. The number of rotatable bonds is 2. The summed E-state index contributed by atoms with van der Waals surface area (Å²) in [6.45, 7) is 3.86. The summed E-state index contributed by atoms with van der Waals surface area (Å²) in [6.07, 6.45) is 1.18. The van der Waals surface area contributed by atoms with Crippen LogP contribution in [0, 0.1) is 5.82 Å². The van der Waals surface area contributed by atoms with Crippen LogP contribution >= 0.6 is 0 Å². The molecular weight excluding hydrogens is 171 g/mol. The highest BCUT2D eigenvalue weighted by Gasteiger charge is 2.19. The lowest BCUT2D eigenvalue weighted by Crippen LogP contribution is -2.41. The van der Waals surface area contributed by atoms with Crippen molar-refractivity contribution in [2.45, 2.75) is 19.4 Å². The fourth-order valence-electron chi connectivity index (χ4n) is 1.03. The lowest BCUT2D eigenvalue weighted by molar-refractivity contribution is 0.349. The summed E-state index contributed by atoms with van der Waals surface area (Å²) >= 11 is 0. The van der Waals surface area contributed by atoms with Gasteiger partial charge in [0.2, 0.25) is 0 Å². The Morgan fingerprint density at radius 2 is 2.15 bits per heavy atom. The van der Waals surface area contributed by atoms with E-state index in [0.717, 1.165) is 6.07 Å². The van der Waals surface area contributed by atoms with Gasteiger partial charge in [-0.1, -0.05) is 0 Å². The van der Waals surface area contributed by atoms with Crippen LogP contribution in [0.25, 0.3) is 0 Å². The summed E-state index contributed by atoms with van der Waals surface area (Å²) in [5.74, 6) is -0.430. The zero-order chi connectivity index (χ0) is 10.1. The highest BCUT2D eigenvalue weighted by molar-refractivity contribution is 5.00. The van der Waals surface area contributed by atoms with Crippen LogP contribution in [-0.4, -0.2) is 11.1 Å². The van der Waals surface area contributed by atoms with Crippen molar-refractivity contribution >= 4 is 0 Å². The molecule has 0 unspecified atom stereocenters. The second kappa shape index (κ2) is 3.30. The Hall–Kier alpha value is -1.16. The maximum absolute atomic E-state index is 12.8. The summed E-state index contributed by atoms with van der Waals surface area (Å²) in [5.41, 5.74) is 4.69. The Balaban J connectivity index is 3.29. The number of hydrogen-bond donors (Lipinski definition) is 1. The topological polar surface area (TPSA) is 48.0 Å². The molecule has 1 rings (SSSR count). The van der Waals surface area contributed by atoms with E-state index < -0.39 is 11.4 Å². The summed E-state index contributed by atoms with van der Waals surface area (Å²) in [6, 6.07) is 2.35. The molecule has 0 amide bonds. The predicted octanol–water partition coefficient (Wildman–Crippen LogP) is 0.681. The Kier molecular flexibility index (Phi) is 2.52. The summed E-state index contributed by atoms with van der Waals surface area (Å²) in [5, 5.41) is 0. The highest BCUT2D eigenvalue weighted by Crippen LogP contribution is 2.10. The van der Waals surface area contributed by atoms with Gasteiger partial charge in [-0.05, 0) is 19.9 Å². The Bertz CT molecular complexity index is 357. The molecule has 0 bridgehead atoms. The molecule has 0 fully saturated rings. The number of pyridine rings is 1. The number of hydrogen-bond acceptors (Lipinski definition) is 2. The standard InChI is InChI=1S/C9H13FN2O/c1-9(2,6-11)12-5-7(10)3-4-8(12)13/h3-5H,6,11H2,1-2H3. The quantitative estimate of drug-likeness (QED) is 0.734. The van der Waals surface area contributed by atoms with Crippen LogP contribution < -0.4 is 11.3 Å². The maximum Gasteiger partial charge on any atom is 0.251 e. The summed E-state index contributed by atoms with van der Waals surface area (Å²) in [7, 11) is 0. The van der Waals surface area contributed by atoms with Crippen molar-refractivity contribution in [3.63, 3.8) is 0 Å². The van der Waals surface area contributed by atoms with Gasteiger partial charge in [-0.2, -0.15) is 0 Å². The summed E-state index contributed by atoms with van der Waals surface area (Å²) in [4.78, 5) is 11.3. The van der Waals surface area contributed by atoms with E-state index in [0.29, 0.717) is 0 Å². The highest BCUT2D eigenvalue weighted by atomic mass is 19.1. The van der Waals surface area contributed by atoms with Crippen molar-refractivity contribution in [3.05, 3.63) is 34.5 Å². The number of halogens is 1. The molecule has 1 heterocycles. The minimum Gasteiger partial charge on any atom is -0.328 e. The van der Waals surface area contributed by atoms with E-state index in [1.165, 1.54) is 16.8 Å². The molecule has 0 aromatic carbocycles. The third kappa shape index (κ3) is 1.95. The molecule has 0 aliphatic carbocycles. The fraction of sp³-hybridized carbons (Fsp3) is 0.444. The van der Waals surface area contributed by atoms with Crippen LogP contribution in [0.5, 0.6) is 0 Å². The largest absolute Gasteiger partial charge is 0.328 e. The SMILES string of the molecule is CC(C)(CN)n1cc(F)ccc1=O. The molecule has 0 aliphatic rings. The third-order valence-electron chi connectivity index (χ3n) is 2.03. The second-order valence-electron chi connectivity index (χ2n) is 3.57.